The summed E-state index contributed by atoms with van der Waals surface area (Å²) in [6, 6.07) is 26.1. The Balaban J connectivity index is 1.17. The van der Waals surface area contributed by atoms with Crippen LogP contribution >= 0.6 is 15.9 Å². The van der Waals surface area contributed by atoms with Crippen LogP contribution in [0.15, 0.2) is 89.4 Å². The number of anilines is 2. The van der Waals surface area contributed by atoms with E-state index in [-0.39, 0.29) is 18.4 Å². The minimum Gasteiger partial charge on any atom is -0.484 e. The first kappa shape index (κ1) is 24.3. The summed E-state index contributed by atoms with van der Waals surface area (Å²) in [5.41, 5.74) is 2.59. The number of halogens is 1. The lowest BCUT2D eigenvalue weighted by Gasteiger charge is -2.09. The van der Waals surface area contributed by atoms with E-state index in [4.69, 9.17) is 4.74 Å². The van der Waals surface area contributed by atoms with Crippen molar-refractivity contribution >= 4 is 60.8 Å². The second kappa shape index (κ2) is 10.4. The molecule has 0 spiro atoms. The highest BCUT2D eigenvalue weighted by atomic mass is 79.9. The summed E-state index contributed by atoms with van der Waals surface area (Å²) in [4.78, 5) is 29.0. The van der Waals surface area contributed by atoms with E-state index in [0.29, 0.717) is 39.7 Å². The number of carbonyl (C=O) groups excluding carboxylic acids is 2. The number of H-pyrrole nitrogens is 2. The van der Waals surface area contributed by atoms with Gasteiger partial charge in [-0.25, -0.2) is 0 Å². The number of aromatic amines is 2. The average molecular weight is 582 g/mol. The number of nitrogens with one attached hydrogen (secondary N) is 4. The molecule has 0 aliphatic rings. The molecule has 39 heavy (non-hydrogen) atoms. The van der Waals surface area contributed by atoms with Crippen LogP contribution in [0.1, 0.15) is 10.5 Å². The van der Waals surface area contributed by atoms with E-state index in [9.17, 15) is 9.59 Å². The van der Waals surface area contributed by atoms with Gasteiger partial charge < -0.3 is 20.4 Å². The van der Waals surface area contributed by atoms with Gasteiger partial charge in [-0.15, -0.1) is 10.2 Å². The first-order chi connectivity index (χ1) is 19.0. The molecule has 2 heterocycles. The van der Waals surface area contributed by atoms with Crippen LogP contribution in [0.3, 0.4) is 0 Å². The van der Waals surface area contributed by atoms with Gasteiger partial charge in [-0.05, 0) is 58.5 Å². The van der Waals surface area contributed by atoms with E-state index in [1.165, 1.54) is 0 Å². The number of aromatic nitrogens is 5. The second-order valence-corrected chi connectivity index (χ2v) is 9.59. The zero-order valence-electron chi connectivity index (χ0n) is 20.2. The van der Waals surface area contributed by atoms with E-state index >= 15 is 0 Å². The standard InChI is InChI=1S/C28H20BrN7O3/c29-19-9-11-22(21(14-19)27-33-35-36-34-27)32-28(38)24-13-18-6-3-7-23(26(18)31-24)30-25(37)15-39-20-10-8-16-4-1-2-5-17(16)12-20/h1-14,31H,15H2,(H,30,37)(H,32,38)(H,33,34,35,36). The summed E-state index contributed by atoms with van der Waals surface area (Å²) in [6.45, 7) is -0.162. The summed E-state index contributed by atoms with van der Waals surface area (Å²) < 4.78 is 6.52. The third-order valence-electron chi connectivity index (χ3n) is 6.08. The van der Waals surface area contributed by atoms with Crippen LogP contribution in [0.25, 0.3) is 33.1 Å². The summed E-state index contributed by atoms with van der Waals surface area (Å²) in [7, 11) is 0. The molecule has 10 nitrogen and oxygen atoms in total. The van der Waals surface area contributed by atoms with Gasteiger partial charge in [-0.2, -0.15) is 5.21 Å². The normalized spacial score (nSPS) is 11.0. The van der Waals surface area contributed by atoms with Crippen LogP contribution in [0.2, 0.25) is 0 Å². The number of rotatable bonds is 7. The molecule has 11 heteroatoms. The van der Waals surface area contributed by atoms with Crippen LogP contribution in [0, 0.1) is 0 Å². The van der Waals surface area contributed by atoms with Gasteiger partial charge in [0.05, 0.1) is 16.9 Å². The molecule has 0 saturated carbocycles. The van der Waals surface area contributed by atoms with Crippen molar-refractivity contribution in [3.8, 4) is 17.1 Å². The number of hydrogen-bond acceptors (Lipinski definition) is 6. The van der Waals surface area contributed by atoms with Gasteiger partial charge in [0.15, 0.2) is 6.61 Å². The predicted octanol–water partition coefficient (Wildman–Crippen LogP) is 5.53. The minimum absolute atomic E-state index is 0.162. The Morgan fingerprint density at radius 1 is 0.846 bits per heavy atom. The fraction of sp³-hybridized carbons (Fsp3) is 0.0357. The Bertz CT molecular complexity index is 1830. The molecule has 6 rings (SSSR count). The van der Waals surface area contributed by atoms with Gasteiger partial charge in [0, 0.05) is 15.4 Å². The van der Waals surface area contributed by atoms with Crippen molar-refractivity contribution in [2.75, 3.05) is 17.2 Å². The van der Waals surface area contributed by atoms with Crippen molar-refractivity contribution in [3.05, 3.63) is 95.1 Å². The molecule has 0 aliphatic heterocycles. The highest BCUT2D eigenvalue weighted by molar-refractivity contribution is 9.10. The molecular formula is C28H20BrN7O3. The quantitative estimate of drug-likeness (QED) is 0.195. The number of nitrogens with zero attached hydrogens (tertiary/aromatic N) is 3. The average Bonchev–Trinajstić information content (AvgIpc) is 3.64. The van der Waals surface area contributed by atoms with Gasteiger partial charge in [-0.3, -0.25) is 9.59 Å². The van der Waals surface area contributed by atoms with Gasteiger partial charge in [0.25, 0.3) is 11.8 Å². The van der Waals surface area contributed by atoms with E-state index in [2.05, 4.69) is 52.2 Å². The summed E-state index contributed by atoms with van der Waals surface area (Å²) in [5.74, 6) is 0.263. The monoisotopic (exact) mass is 581 g/mol. The molecule has 6 aromatic rings. The molecular weight excluding hydrogens is 562 g/mol. The number of tetrazole rings is 1. The first-order valence-corrected chi connectivity index (χ1v) is 12.7. The van der Waals surface area contributed by atoms with Gasteiger partial charge in [0.2, 0.25) is 5.82 Å². The molecule has 192 valence electrons. The largest absolute Gasteiger partial charge is 0.484 e. The predicted molar refractivity (Wildman–Crippen MR) is 152 cm³/mol. The maximum atomic E-state index is 13.2. The van der Waals surface area contributed by atoms with Gasteiger partial charge in [0.1, 0.15) is 11.4 Å². The molecule has 0 bridgehead atoms. The van der Waals surface area contributed by atoms with E-state index in [1.54, 1.807) is 36.4 Å². The van der Waals surface area contributed by atoms with Crippen LogP contribution in [-0.2, 0) is 4.79 Å². The van der Waals surface area contributed by atoms with Crippen molar-refractivity contribution in [1.29, 1.82) is 0 Å². The number of benzene rings is 4. The maximum absolute atomic E-state index is 13.2. The molecule has 2 aromatic heterocycles. The lowest BCUT2D eigenvalue weighted by atomic mass is 10.1. The number of para-hydroxylation sites is 1. The molecule has 4 N–H and O–H groups in total. The minimum atomic E-state index is -0.366. The number of fused-ring (bicyclic) bond motifs is 2. The molecule has 4 aromatic carbocycles. The lowest BCUT2D eigenvalue weighted by Crippen LogP contribution is -2.20. The Hall–Kier alpha value is -5.03. The van der Waals surface area contributed by atoms with E-state index < -0.39 is 0 Å². The topological polar surface area (TPSA) is 138 Å². The Labute approximate surface area is 229 Å². The Morgan fingerprint density at radius 2 is 1.69 bits per heavy atom. The van der Waals surface area contributed by atoms with Crippen LogP contribution < -0.4 is 15.4 Å². The fourth-order valence-electron chi connectivity index (χ4n) is 4.25. The van der Waals surface area contributed by atoms with E-state index in [1.807, 2.05) is 48.5 Å². The van der Waals surface area contributed by atoms with Crippen molar-refractivity contribution in [1.82, 2.24) is 25.6 Å². The molecule has 0 saturated heterocycles. The van der Waals surface area contributed by atoms with E-state index in [0.717, 1.165) is 20.6 Å². The molecule has 2 amide bonds. The number of carbonyl (C=O) groups is 2. The highest BCUT2D eigenvalue weighted by Crippen LogP contribution is 2.30. The molecule has 0 atom stereocenters. The SMILES string of the molecule is O=C(COc1ccc2ccccc2c1)Nc1cccc2cc(C(=O)Nc3ccc(Br)cc3-c3nn[nH]n3)[nH]c12. The Morgan fingerprint density at radius 3 is 2.54 bits per heavy atom. The maximum Gasteiger partial charge on any atom is 0.272 e. The van der Waals surface area contributed by atoms with Crippen LogP contribution in [0.4, 0.5) is 11.4 Å². The van der Waals surface area contributed by atoms with Crippen molar-refractivity contribution < 1.29 is 14.3 Å². The molecule has 0 radical (unpaired) electrons. The third kappa shape index (κ3) is 5.20. The van der Waals surface area contributed by atoms with Gasteiger partial charge >= 0.3 is 0 Å². The van der Waals surface area contributed by atoms with Crippen LogP contribution in [0.5, 0.6) is 5.75 Å². The Kier molecular flexibility index (Phi) is 6.47. The second-order valence-electron chi connectivity index (χ2n) is 8.68. The number of hydrogen-bond donors (Lipinski definition) is 4. The molecule has 0 fully saturated rings. The number of amides is 2. The van der Waals surface area contributed by atoms with Crippen molar-refractivity contribution in [2.45, 2.75) is 0 Å². The summed E-state index contributed by atoms with van der Waals surface area (Å²) in [5, 5.41) is 22.7. The lowest BCUT2D eigenvalue weighted by molar-refractivity contribution is -0.118. The third-order valence-corrected chi connectivity index (χ3v) is 6.58. The molecule has 0 unspecified atom stereocenters. The first-order valence-electron chi connectivity index (χ1n) is 11.9. The van der Waals surface area contributed by atoms with Gasteiger partial charge in [-0.1, -0.05) is 58.4 Å². The summed E-state index contributed by atoms with van der Waals surface area (Å²) in [6.07, 6.45) is 0. The zero-order valence-corrected chi connectivity index (χ0v) is 21.8. The fourth-order valence-corrected chi connectivity index (χ4v) is 4.61. The van der Waals surface area contributed by atoms with Crippen molar-refractivity contribution in [3.63, 3.8) is 0 Å². The smallest absolute Gasteiger partial charge is 0.272 e. The van der Waals surface area contributed by atoms with Crippen molar-refractivity contribution in [2.24, 2.45) is 0 Å². The van der Waals surface area contributed by atoms with Crippen LogP contribution in [-0.4, -0.2) is 44.0 Å². The molecule has 0 aliphatic carbocycles. The highest BCUT2D eigenvalue weighted by Gasteiger charge is 2.17. The number of ether oxygens (including phenoxy) is 1. The summed E-state index contributed by atoms with van der Waals surface area (Å²) >= 11 is 3.43. The zero-order chi connectivity index (χ0) is 26.8.